The van der Waals surface area contributed by atoms with Crippen LogP contribution < -0.4 is 14.2 Å². The second-order valence-electron chi connectivity index (χ2n) is 9.48. The topological polar surface area (TPSA) is 138 Å². The van der Waals surface area contributed by atoms with Gasteiger partial charge in [0.2, 0.25) is 5.75 Å². The van der Waals surface area contributed by atoms with Crippen LogP contribution in [0.4, 0.5) is 0 Å². The first kappa shape index (κ1) is 28.8. The molecule has 9 heteroatoms. The van der Waals surface area contributed by atoms with Crippen LogP contribution in [-0.4, -0.2) is 64.5 Å². The molecule has 9 nitrogen and oxygen atoms in total. The van der Waals surface area contributed by atoms with Crippen molar-refractivity contribution in [3.63, 3.8) is 0 Å². The monoisotopic (exact) mass is 520 g/mol. The van der Waals surface area contributed by atoms with Crippen molar-refractivity contribution >= 4 is 0 Å². The minimum atomic E-state index is -0.691. The Hall–Kier alpha value is -2.72. The maximum atomic E-state index is 10.7. The third kappa shape index (κ3) is 8.96. The average Bonchev–Trinajstić information content (AvgIpc) is 2.90. The van der Waals surface area contributed by atoms with Gasteiger partial charge in [-0.25, -0.2) is 0 Å². The molecule has 2 aromatic carbocycles. The number of phenols is 2. The van der Waals surface area contributed by atoms with Crippen molar-refractivity contribution in [2.45, 2.75) is 82.5 Å². The Labute approximate surface area is 218 Å². The molecule has 0 aromatic heterocycles. The lowest BCUT2D eigenvalue weighted by atomic mass is 9.97. The lowest BCUT2D eigenvalue weighted by Gasteiger charge is -2.24. The van der Waals surface area contributed by atoms with Crippen molar-refractivity contribution in [1.29, 1.82) is 0 Å². The quantitative estimate of drug-likeness (QED) is 0.222. The second kappa shape index (κ2) is 14.9. The van der Waals surface area contributed by atoms with Gasteiger partial charge in [0.15, 0.2) is 29.8 Å². The van der Waals surface area contributed by atoms with Crippen LogP contribution in [0.2, 0.25) is 0 Å². The fraction of sp³-hybridized carbons (Fsp3) is 0.571. The van der Waals surface area contributed by atoms with E-state index in [-0.39, 0.29) is 35.2 Å². The van der Waals surface area contributed by atoms with E-state index in [1.807, 2.05) is 12.1 Å². The molecule has 0 unspecified atom stereocenters. The van der Waals surface area contributed by atoms with Gasteiger partial charge in [0.05, 0.1) is 25.4 Å². The summed E-state index contributed by atoms with van der Waals surface area (Å²) in [6.45, 7) is -1.03. The Morgan fingerprint density at radius 1 is 0.865 bits per heavy atom. The van der Waals surface area contributed by atoms with Gasteiger partial charge in [-0.15, -0.1) is 0 Å². The highest BCUT2D eigenvalue weighted by Gasteiger charge is 2.19. The average molecular weight is 521 g/mol. The summed E-state index contributed by atoms with van der Waals surface area (Å²) >= 11 is 0. The number of hydrogen-bond donors (Lipinski definition) is 5. The molecule has 206 valence electrons. The predicted octanol–water partition coefficient (Wildman–Crippen LogP) is 3.80. The second-order valence-corrected chi connectivity index (χ2v) is 9.48. The Kier molecular flexibility index (Phi) is 11.6. The molecule has 1 aliphatic carbocycles. The number of ether oxygens (including phenoxy) is 4. The van der Waals surface area contributed by atoms with Gasteiger partial charge in [0, 0.05) is 0 Å². The number of aromatic hydroxyl groups is 2. The Balaban J connectivity index is 1.54. The SMILES string of the molecule is COc1cc(CC[C@H](O)C[C@H](CCc2ccc(O)c(OC3CCCCC3)c2)OCO)cc(OCO)c1O. The Morgan fingerprint density at radius 2 is 1.57 bits per heavy atom. The number of phenolic OH excluding ortho intramolecular Hbond substituents is 2. The lowest BCUT2D eigenvalue weighted by Crippen LogP contribution is -2.23. The zero-order valence-electron chi connectivity index (χ0n) is 21.5. The molecular formula is C28H40O9. The van der Waals surface area contributed by atoms with Gasteiger partial charge in [-0.2, -0.15) is 0 Å². The van der Waals surface area contributed by atoms with E-state index >= 15 is 0 Å². The van der Waals surface area contributed by atoms with Crippen molar-refractivity contribution in [1.82, 2.24) is 0 Å². The number of benzene rings is 2. The van der Waals surface area contributed by atoms with E-state index in [0.29, 0.717) is 37.9 Å². The normalized spacial score (nSPS) is 15.8. The number of hydrogen-bond acceptors (Lipinski definition) is 9. The summed E-state index contributed by atoms with van der Waals surface area (Å²) in [5.41, 5.74) is 1.75. The number of aryl methyl sites for hydroxylation is 2. The molecule has 3 rings (SSSR count). The molecule has 0 radical (unpaired) electrons. The predicted molar refractivity (Wildman–Crippen MR) is 137 cm³/mol. The first-order valence-corrected chi connectivity index (χ1v) is 13.0. The van der Waals surface area contributed by atoms with Crippen molar-refractivity contribution in [2.24, 2.45) is 0 Å². The van der Waals surface area contributed by atoms with Crippen LogP contribution in [0.3, 0.4) is 0 Å². The van der Waals surface area contributed by atoms with Crippen LogP contribution in [0.15, 0.2) is 30.3 Å². The summed E-state index contributed by atoms with van der Waals surface area (Å²) in [5.74, 6) is 0.759. The van der Waals surface area contributed by atoms with E-state index in [1.54, 1.807) is 18.2 Å². The van der Waals surface area contributed by atoms with E-state index in [2.05, 4.69) is 0 Å². The fourth-order valence-corrected chi connectivity index (χ4v) is 4.74. The molecule has 2 aromatic rings. The van der Waals surface area contributed by atoms with Crippen molar-refractivity contribution in [3.05, 3.63) is 41.5 Å². The smallest absolute Gasteiger partial charge is 0.200 e. The standard InChI is InChI=1S/C28H40O9/c1-34-26-14-20(15-27(28(26)33)36-18-30)7-10-21(31)16-23(35-17-29)11-8-19-9-12-24(32)25(13-19)37-22-5-3-2-4-6-22/h9,12-15,21-23,29-33H,2-8,10-11,16-18H2,1H3/t21-,23-/m0/s1. The summed E-state index contributed by atoms with van der Waals surface area (Å²) in [5, 5.41) is 49.4. The van der Waals surface area contributed by atoms with E-state index in [9.17, 15) is 20.4 Å². The van der Waals surface area contributed by atoms with Crippen molar-refractivity contribution in [2.75, 3.05) is 20.7 Å². The summed E-state index contributed by atoms with van der Waals surface area (Å²) in [6, 6.07) is 8.61. The minimum Gasteiger partial charge on any atom is -0.504 e. The molecule has 1 aliphatic rings. The van der Waals surface area contributed by atoms with Crippen molar-refractivity contribution in [3.8, 4) is 28.7 Å². The van der Waals surface area contributed by atoms with Gasteiger partial charge in [0.25, 0.3) is 0 Å². The molecule has 37 heavy (non-hydrogen) atoms. The van der Waals surface area contributed by atoms with Crippen LogP contribution >= 0.6 is 0 Å². The largest absolute Gasteiger partial charge is 0.504 e. The summed E-state index contributed by atoms with van der Waals surface area (Å²) in [6.07, 6.45) is 7.03. The number of methoxy groups -OCH3 is 1. The fourth-order valence-electron chi connectivity index (χ4n) is 4.74. The van der Waals surface area contributed by atoms with Crippen LogP contribution in [0.1, 0.15) is 62.5 Å². The molecule has 0 saturated heterocycles. The number of aliphatic hydroxyl groups is 3. The highest BCUT2D eigenvalue weighted by Crippen LogP contribution is 2.38. The van der Waals surface area contributed by atoms with Crippen molar-refractivity contribution < 1.29 is 44.5 Å². The maximum absolute atomic E-state index is 10.7. The van der Waals surface area contributed by atoms with Crippen LogP contribution in [0, 0.1) is 0 Å². The minimum absolute atomic E-state index is 0.105. The summed E-state index contributed by atoms with van der Waals surface area (Å²) in [7, 11) is 1.42. The van der Waals surface area contributed by atoms with Gasteiger partial charge in [0.1, 0.15) is 6.79 Å². The summed E-state index contributed by atoms with van der Waals surface area (Å²) < 4.78 is 21.7. The molecule has 5 N–H and O–H groups in total. The first-order valence-electron chi connectivity index (χ1n) is 13.0. The Morgan fingerprint density at radius 3 is 2.27 bits per heavy atom. The highest BCUT2D eigenvalue weighted by molar-refractivity contribution is 5.52. The molecule has 1 saturated carbocycles. The molecule has 0 spiro atoms. The van der Waals surface area contributed by atoms with Crippen LogP contribution in [0.25, 0.3) is 0 Å². The van der Waals surface area contributed by atoms with E-state index in [0.717, 1.165) is 36.8 Å². The molecule has 0 bridgehead atoms. The van der Waals surface area contributed by atoms with Gasteiger partial charge in [-0.1, -0.05) is 12.5 Å². The summed E-state index contributed by atoms with van der Waals surface area (Å²) in [4.78, 5) is 0. The van der Waals surface area contributed by atoms with Gasteiger partial charge >= 0.3 is 0 Å². The molecule has 0 amide bonds. The molecular weight excluding hydrogens is 480 g/mol. The lowest BCUT2D eigenvalue weighted by molar-refractivity contribution is -0.0690. The van der Waals surface area contributed by atoms with E-state index < -0.39 is 19.7 Å². The van der Waals surface area contributed by atoms with Gasteiger partial charge < -0.3 is 44.5 Å². The van der Waals surface area contributed by atoms with E-state index in [4.69, 9.17) is 24.1 Å². The maximum Gasteiger partial charge on any atom is 0.200 e. The zero-order valence-corrected chi connectivity index (χ0v) is 21.5. The molecule has 0 heterocycles. The van der Waals surface area contributed by atoms with Gasteiger partial charge in [-0.05, 0) is 93.2 Å². The Bertz CT molecular complexity index is 959. The highest BCUT2D eigenvalue weighted by atomic mass is 16.6. The zero-order chi connectivity index (χ0) is 26.6. The first-order chi connectivity index (χ1) is 17.9. The van der Waals surface area contributed by atoms with Crippen LogP contribution in [0.5, 0.6) is 28.7 Å². The van der Waals surface area contributed by atoms with Crippen LogP contribution in [-0.2, 0) is 17.6 Å². The molecule has 2 atom stereocenters. The third-order valence-corrected chi connectivity index (χ3v) is 6.78. The molecule has 0 aliphatic heterocycles. The number of aliphatic hydroxyl groups excluding tert-OH is 3. The van der Waals surface area contributed by atoms with E-state index in [1.165, 1.54) is 13.5 Å². The van der Waals surface area contributed by atoms with Gasteiger partial charge in [-0.3, -0.25) is 0 Å². The molecule has 1 fully saturated rings. The number of rotatable bonds is 15. The third-order valence-electron chi connectivity index (χ3n) is 6.78.